The van der Waals surface area contributed by atoms with Crippen LogP contribution in [0.3, 0.4) is 0 Å². The maximum absolute atomic E-state index is 13.5. The monoisotopic (exact) mass is 420 g/mol. The first kappa shape index (κ1) is 22.8. The van der Waals surface area contributed by atoms with Gasteiger partial charge in [-0.15, -0.1) is 4.72 Å². The molecule has 1 amide bonds. The van der Waals surface area contributed by atoms with Crippen molar-refractivity contribution in [1.29, 1.82) is 0 Å². The lowest BCUT2D eigenvalue weighted by molar-refractivity contribution is -0.166. The van der Waals surface area contributed by atoms with Crippen LogP contribution in [-0.4, -0.2) is 45.6 Å². The summed E-state index contributed by atoms with van der Waals surface area (Å²) >= 11 is -1.83. The summed E-state index contributed by atoms with van der Waals surface area (Å²) in [5.41, 5.74) is 0.844. The molecule has 1 heterocycles. The van der Waals surface area contributed by atoms with Gasteiger partial charge >= 0.3 is 12.3 Å². The zero-order valence-corrected chi connectivity index (χ0v) is 17.1. The summed E-state index contributed by atoms with van der Waals surface area (Å²) < 4.78 is 59.4. The van der Waals surface area contributed by atoms with Gasteiger partial charge in [0, 0.05) is 24.5 Å². The Hall–Kier alpha value is -1.45. The van der Waals surface area contributed by atoms with E-state index in [1.807, 2.05) is 30.3 Å². The van der Waals surface area contributed by atoms with Crippen LogP contribution in [0.5, 0.6) is 0 Å². The molecule has 1 aromatic carbocycles. The van der Waals surface area contributed by atoms with Gasteiger partial charge in [0.15, 0.2) is 6.04 Å². The highest BCUT2D eigenvalue weighted by atomic mass is 32.2. The molecule has 2 atom stereocenters. The highest BCUT2D eigenvalue weighted by molar-refractivity contribution is 7.90. The first-order chi connectivity index (χ1) is 13.0. The second kappa shape index (κ2) is 9.37. The lowest BCUT2D eigenvalue weighted by atomic mass is 9.89. The molecule has 1 aliphatic heterocycles. The van der Waals surface area contributed by atoms with E-state index >= 15 is 0 Å². The van der Waals surface area contributed by atoms with Crippen molar-refractivity contribution in [3.8, 4) is 0 Å². The van der Waals surface area contributed by atoms with E-state index in [1.165, 1.54) is 4.90 Å². The Labute approximate surface area is 166 Å². The molecule has 28 heavy (non-hydrogen) atoms. The number of piperidine rings is 1. The Kier molecular flexibility index (Phi) is 7.64. The summed E-state index contributed by atoms with van der Waals surface area (Å²) in [6.45, 7) is 5.33. The maximum Gasteiger partial charge on any atom is 0.410 e. The van der Waals surface area contributed by atoms with E-state index in [4.69, 9.17) is 4.74 Å². The SMILES string of the molecule is CC(C)(C)[S@@+]([O-])N[C@@H](C1CCN(C(=O)OCc2ccccc2)CC1)C(F)(F)F. The number of ether oxygens (including phenoxy) is 1. The molecule has 1 N–H and O–H groups in total. The van der Waals surface area contributed by atoms with E-state index in [-0.39, 0.29) is 32.5 Å². The molecule has 9 heteroatoms. The van der Waals surface area contributed by atoms with E-state index in [9.17, 15) is 22.5 Å². The Morgan fingerprint density at radius 3 is 2.32 bits per heavy atom. The van der Waals surface area contributed by atoms with Crippen molar-refractivity contribution in [2.45, 2.75) is 57.2 Å². The Morgan fingerprint density at radius 2 is 1.82 bits per heavy atom. The van der Waals surface area contributed by atoms with Crippen LogP contribution in [0, 0.1) is 5.92 Å². The number of carbonyl (C=O) groups is 1. The third-order valence-electron chi connectivity index (χ3n) is 4.62. The minimum Gasteiger partial charge on any atom is -0.598 e. The second-order valence-corrected chi connectivity index (χ2v) is 9.88. The minimum absolute atomic E-state index is 0.122. The van der Waals surface area contributed by atoms with Gasteiger partial charge in [0.05, 0.1) is 0 Å². The molecule has 0 bridgehead atoms. The molecule has 0 saturated carbocycles. The lowest BCUT2D eigenvalue weighted by Gasteiger charge is -2.37. The van der Waals surface area contributed by atoms with E-state index in [0.29, 0.717) is 0 Å². The van der Waals surface area contributed by atoms with Crippen molar-refractivity contribution in [3.05, 3.63) is 35.9 Å². The molecule has 1 fully saturated rings. The third kappa shape index (κ3) is 6.56. The number of amides is 1. The summed E-state index contributed by atoms with van der Waals surface area (Å²) in [4.78, 5) is 13.6. The smallest absolute Gasteiger partial charge is 0.410 e. The number of carbonyl (C=O) groups excluding carboxylic acids is 1. The number of nitrogens with one attached hydrogen (secondary N) is 1. The molecule has 2 rings (SSSR count). The van der Waals surface area contributed by atoms with Gasteiger partial charge < -0.3 is 14.2 Å². The van der Waals surface area contributed by atoms with Crippen molar-refractivity contribution in [3.63, 3.8) is 0 Å². The maximum atomic E-state index is 13.5. The predicted molar refractivity (Wildman–Crippen MR) is 102 cm³/mol. The van der Waals surface area contributed by atoms with Crippen LogP contribution in [-0.2, 0) is 22.7 Å². The fourth-order valence-electron chi connectivity index (χ4n) is 2.95. The van der Waals surface area contributed by atoms with Crippen LogP contribution in [0.1, 0.15) is 39.2 Å². The zero-order chi connectivity index (χ0) is 20.9. The highest BCUT2D eigenvalue weighted by Crippen LogP contribution is 2.33. The molecule has 5 nitrogen and oxygen atoms in total. The van der Waals surface area contributed by atoms with Crippen LogP contribution >= 0.6 is 0 Å². The molecular formula is C19H27F3N2O3S. The molecule has 0 aromatic heterocycles. The lowest BCUT2D eigenvalue weighted by Crippen LogP contribution is -2.56. The third-order valence-corrected chi connectivity index (χ3v) is 6.20. The summed E-state index contributed by atoms with van der Waals surface area (Å²) in [5, 5.41) is 0. The van der Waals surface area contributed by atoms with E-state index in [2.05, 4.69) is 4.72 Å². The molecule has 0 unspecified atom stereocenters. The summed E-state index contributed by atoms with van der Waals surface area (Å²) in [5.74, 6) is -0.746. The first-order valence-electron chi connectivity index (χ1n) is 9.19. The van der Waals surface area contributed by atoms with Gasteiger partial charge in [0.25, 0.3) is 0 Å². The summed E-state index contributed by atoms with van der Waals surface area (Å²) in [7, 11) is 0. The van der Waals surface area contributed by atoms with E-state index in [1.54, 1.807) is 20.8 Å². The number of nitrogens with zero attached hydrogens (tertiary/aromatic N) is 1. The molecule has 1 saturated heterocycles. The topological polar surface area (TPSA) is 64.6 Å². The Morgan fingerprint density at radius 1 is 1.25 bits per heavy atom. The average Bonchev–Trinajstić information content (AvgIpc) is 2.63. The van der Waals surface area contributed by atoms with Gasteiger partial charge in [-0.2, -0.15) is 13.2 Å². The van der Waals surface area contributed by atoms with Gasteiger partial charge in [-0.1, -0.05) is 30.3 Å². The van der Waals surface area contributed by atoms with Crippen LogP contribution < -0.4 is 4.72 Å². The molecule has 0 aliphatic carbocycles. The van der Waals surface area contributed by atoms with Crippen LogP contribution in [0.25, 0.3) is 0 Å². The Bertz CT molecular complexity index is 630. The van der Waals surface area contributed by atoms with Gasteiger partial charge in [0.1, 0.15) is 11.4 Å². The average molecular weight is 420 g/mol. The van der Waals surface area contributed by atoms with E-state index < -0.39 is 40.3 Å². The van der Waals surface area contributed by atoms with Crippen molar-refractivity contribution in [2.75, 3.05) is 13.1 Å². The second-order valence-electron chi connectivity index (χ2n) is 7.88. The summed E-state index contributed by atoms with van der Waals surface area (Å²) in [6, 6.07) is 7.31. The largest absolute Gasteiger partial charge is 0.598 e. The zero-order valence-electron chi connectivity index (χ0n) is 16.3. The number of benzene rings is 1. The number of hydrogen-bond acceptors (Lipinski definition) is 4. The quantitative estimate of drug-likeness (QED) is 0.731. The molecular weight excluding hydrogens is 393 g/mol. The molecule has 0 spiro atoms. The molecule has 1 aliphatic rings. The van der Waals surface area contributed by atoms with Crippen molar-refractivity contribution in [1.82, 2.24) is 9.62 Å². The van der Waals surface area contributed by atoms with Gasteiger partial charge in [-0.3, -0.25) is 0 Å². The van der Waals surface area contributed by atoms with Crippen LogP contribution in [0.15, 0.2) is 30.3 Å². The van der Waals surface area contributed by atoms with Gasteiger partial charge in [0.2, 0.25) is 0 Å². The van der Waals surface area contributed by atoms with Crippen LogP contribution in [0.4, 0.5) is 18.0 Å². The predicted octanol–water partition coefficient (Wildman–Crippen LogP) is 4.02. The number of hydrogen-bond donors (Lipinski definition) is 1. The molecule has 1 aromatic rings. The number of rotatable bonds is 5. The number of alkyl halides is 3. The van der Waals surface area contributed by atoms with Crippen molar-refractivity contribution >= 4 is 17.5 Å². The van der Waals surface area contributed by atoms with Crippen LogP contribution in [0.2, 0.25) is 0 Å². The molecule has 0 radical (unpaired) electrons. The first-order valence-corrected chi connectivity index (χ1v) is 10.3. The van der Waals surface area contributed by atoms with Crippen molar-refractivity contribution < 1.29 is 27.3 Å². The molecule has 158 valence electrons. The fourth-order valence-corrected chi connectivity index (χ4v) is 3.86. The highest BCUT2D eigenvalue weighted by Gasteiger charge is 2.49. The van der Waals surface area contributed by atoms with Gasteiger partial charge in [-0.25, -0.2) is 4.79 Å². The number of halogens is 3. The number of likely N-dealkylation sites (tertiary alicyclic amines) is 1. The Balaban J connectivity index is 1.89. The summed E-state index contributed by atoms with van der Waals surface area (Å²) in [6.07, 6.45) is -4.71. The minimum atomic E-state index is -4.51. The van der Waals surface area contributed by atoms with Crippen molar-refractivity contribution in [2.24, 2.45) is 5.92 Å². The van der Waals surface area contributed by atoms with Gasteiger partial charge in [-0.05, 0) is 45.1 Å². The normalized spacial score (nSPS) is 18.6. The fraction of sp³-hybridized carbons (Fsp3) is 0.632. The van der Waals surface area contributed by atoms with E-state index in [0.717, 1.165) is 5.56 Å². The standard InChI is InChI=1S/C19H27F3N2O3S/c1-18(2,3)28(26)23-16(19(20,21)22)15-9-11-24(12-10-15)17(25)27-13-14-7-5-4-6-8-14/h4-8,15-16,23H,9-13H2,1-3H3/t16-,28+/m0/s1.